The van der Waals surface area contributed by atoms with E-state index in [-0.39, 0.29) is 5.82 Å². The predicted octanol–water partition coefficient (Wildman–Crippen LogP) is 3.58. The van der Waals surface area contributed by atoms with E-state index in [2.05, 4.69) is 16.8 Å². The van der Waals surface area contributed by atoms with E-state index in [1.807, 2.05) is 20.0 Å². The van der Waals surface area contributed by atoms with Crippen LogP contribution in [0, 0.1) is 12.7 Å². The third-order valence-corrected chi connectivity index (χ3v) is 3.50. The number of hydrogen-bond acceptors (Lipinski definition) is 2. The van der Waals surface area contributed by atoms with Crippen molar-refractivity contribution in [2.24, 2.45) is 0 Å². The van der Waals surface area contributed by atoms with Crippen molar-refractivity contribution in [3.05, 3.63) is 46.6 Å². The van der Waals surface area contributed by atoms with Gasteiger partial charge in [-0.05, 0) is 54.2 Å². The maximum absolute atomic E-state index is 13.0. The molecule has 1 aromatic heterocycles. The molecule has 84 valence electrons. The van der Waals surface area contributed by atoms with Gasteiger partial charge >= 0.3 is 0 Å². The van der Waals surface area contributed by atoms with Gasteiger partial charge in [0.15, 0.2) is 0 Å². The second kappa shape index (κ2) is 4.76. The van der Waals surface area contributed by atoms with Crippen LogP contribution in [0.25, 0.3) is 10.4 Å². The molecule has 0 aliphatic rings. The summed E-state index contributed by atoms with van der Waals surface area (Å²) in [5, 5.41) is 5.25. The average molecular weight is 235 g/mol. The molecule has 0 atom stereocenters. The smallest absolute Gasteiger partial charge is 0.123 e. The number of hydrogen-bond donors (Lipinski definition) is 1. The molecule has 3 heteroatoms. The van der Waals surface area contributed by atoms with Crippen LogP contribution in [0.2, 0.25) is 0 Å². The molecule has 1 heterocycles. The first-order valence-electron chi connectivity index (χ1n) is 5.19. The lowest BCUT2D eigenvalue weighted by Gasteiger charge is -2.02. The van der Waals surface area contributed by atoms with E-state index in [1.54, 1.807) is 17.4 Å². The van der Waals surface area contributed by atoms with E-state index in [1.165, 1.54) is 16.5 Å². The Bertz CT molecular complexity index is 490. The van der Waals surface area contributed by atoms with Crippen LogP contribution in [0.1, 0.15) is 11.1 Å². The van der Waals surface area contributed by atoms with Gasteiger partial charge in [0.1, 0.15) is 5.82 Å². The van der Waals surface area contributed by atoms with Crippen molar-refractivity contribution >= 4 is 11.3 Å². The lowest BCUT2D eigenvalue weighted by Crippen LogP contribution is -2.03. The van der Waals surface area contributed by atoms with Crippen LogP contribution in [0.4, 0.5) is 4.39 Å². The van der Waals surface area contributed by atoms with Gasteiger partial charge in [0.25, 0.3) is 0 Å². The van der Waals surface area contributed by atoms with Gasteiger partial charge in [-0.15, -0.1) is 11.3 Å². The highest BCUT2D eigenvalue weighted by atomic mass is 32.1. The molecule has 0 aliphatic carbocycles. The molecular weight excluding hydrogens is 221 g/mol. The normalized spacial score (nSPS) is 10.7. The van der Waals surface area contributed by atoms with Gasteiger partial charge in [-0.25, -0.2) is 4.39 Å². The summed E-state index contributed by atoms with van der Waals surface area (Å²) in [5.41, 5.74) is 3.37. The van der Waals surface area contributed by atoms with Crippen LogP contribution >= 0.6 is 11.3 Å². The second-order valence-electron chi connectivity index (χ2n) is 3.81. The zero-order valence-corrected chi connectivity index (χ0v) is 10.2. The van der Waals surface area contributed by atoms with E-state index in [0.29, 0.717) is 0 Å². The molecule has 1 nitrogen and oxygen atoms in total. The number of thiophene rings is 1. The van der Waals surface area contributed by atoms with Gasteiger partial charge < -0.3 is 5.32 Å². The van der Waals surface area contributed by atoms with Gasteiger partial charge in [0.05, 0.1) is 0 Å². The molecule has 16 heavy (non-hydrogen) atoms. The highest BCUT2D eigenvalue weighted by molar-refractivity contribution is 7.13. The SMILES string of the molecule is CNCc1csc(-c2ccc(F)cc2C)c1. The Labute approximate surface area is 98.9 Å². The first-order valence-corrected chi connectivity index (χ1v) is 6.07. The van der Waals surface area contributed by atoms with Crippen molar-refractivity contribution in [1.82, 2.24) is 5.32 Å². The summed E-state index contributed by atoms with van der Waals surface area (Å²) in [5.74, 6) is -0.173. The molecule has 0 fully saturated rings. The monoisotopic (exact) mass is 235 g/mol. The maximum atomic E-state index is 13.0. The summed E-state index contributed by atoms with van der Waals surface area (Å²) in [6.07, 6.45) is 0. The molecule has 0 saturated heterocycles. The molecular formula is C13H14FNS. The fraction of sp³-hybridized carbons (Fsp3) is 0.231. The van der Waals surface area contributed by atoms with Crippen molar-refractivity contribution in [2.75, 3.05) is 7.05 Å². The highest BCUT2D eigenvalue weighted by Gasteiger charge is 2.06. The van der Waals surface area contributed by atoms with Crippen LogP contribution in [0.3, 0.4) is 0 Å². The Morgan fingerprint density at radius 1 is 1.31 bits per heavy atom. The summed E-state index contributed by atoms with van der Waals surface area (Å²) in [6.45, 7) is 2.81. The summed E-state index contributed by atoms with van der Waals surface area (Å²) in [4.78, 5) is 1.20. The van der Waals surface area contributed by atoms with Gasteiger partial charge in [-0.3, -0.25) is 0 Å². The standard InChI is InChI=1S/C13H14FNS/c1-9-5-11(14)3-4-12(9)13-6-10(7-15-2)8-16-13/h3-6,8,15H,7H2,1-2H3. The van der Waals surface area contributed by atoms with Gasteiger partial charge in [-0.2, -0.15) is 0 Å². The Morgan fingerprint density at radius 3 is 2.81 bits per heavy atom. The van der Waals surface area contributed by atoms with E-state index in [9.17, 15) is 4.39 Å². The molecule has 2 aromatic rings. The van der Waals surface area contributed by atoms with Crippen LogP contribution in [0.5, 0.6) is 0 Å². The Hall–Kier alpha value is -1.19. The summed E-state index contributed by atoms with van der Waals surface area (Å²) in [6, 6.07) is 7.09. The second-order valence-corrected chi connectivity index (χ2v) is 4.72. The van der Waals surface area contributed by atoms with Gasteiger partial charge in [-0.1, -0.05) is 6.07 Å². The first-order chi connectivity index (χ1) is 7.70. The summed E-state index contributed by atoms with van der Waals surface area (Å²) < 4.78 is 13.0. The Kier molecular flexibility index (Phi) is 3.36. The van der Waals surface area contributed by atoms with Crippen LogP contribution < -0.4 is 5.32 Å². The highest BCUT2D eigenvalue weighted by Crippen LogP contribution is 2.30. The molecule has 2 rings (SSSR count). The minimum Gasteiger partial charge on any atom is -0.316 e. The fourth-order valence-corrected chi connectivity index (χ4v) is 2.72. The summed E-state index contributed by atoms with van der Waals surface area (Å²) >= 11 is 1.70. The van der Waals surface area contributed by atoms with E-state index >= 15 is 0 Å². The van der Waals surface area contributed by atoms with Crippen LogP contribution in [-0.4, -0.2) is 7.05 Å². The van der Waals surface area contributed by atoms with Crippen LogP contribution in [0.15, 0.2) is 29.6 Å². The fourth-order valence-electron chi connectivity index (χ4n) is 1.72. The number of halogens is 1. The molecule has 0 bridgehead atoms. The molecule has 1 aromatic carbocycles. The molecule has 0 amide bonds. The van der Waals surface area contributed by atoms with Gasteiger partial charge in [0.2, 0.25) is 0 Å². The largest absolute Gasteiger partial charge is 0.316 e. The molecule has 0 aliphatic heterocycles. The van der Waals surface area contributed by atoms with Crippen molar-refractivity contribution in [1.29, 1.82) is 0 Å². The molecule has 0 saturated carbocycles. The lowest BCUT2D eigenvalue weighted by atomic mass is 10.1. The van der Waals surface area contributed by atoms with Crippen molar-refractivity contribution in [3.8, 4) is 10.4 Å². The van der Waals surface area contributed by atoms with Gasteiger partial charge in [0, 0.05) is 11.4 Å². The molecule has 0 radical (unpaired) electrons. The quantitative estimate of drug-likeness (QED) is 0.857. The number of aryl methyl sites for hydroxylation is 1. The topological polar surface area (TPSA) is 12.0 Å². The zero-order valence-electron chi connectivity index (χ0n) is 9.38. The lowest BCUT2D eigenvalue weighted by molar-refractivity contribution is 0.627. The molecule has 0 unspecified atom stereocenters. The minimum absolute atomic E-state index is 0.173. The van der Waals surface area contributed by atoms with Crippen molar-refractivity contribution in [3.63, 3.8) is 0 Å². The van der Waals surface area contributed by atoms with Crippen molar-refractivity contribution < 1.29 is 4.39 Å². The van der Waals surface area contributed by atoms with Crippen LogP contribution in [-0.2, 0) is 6.54 Å². The number of rotatable bonds is 3. The predicted molar refractivity (Wildman–Crippen MR) is 67.2 cm³/mol. The summed E-state index contributed by atoms with van der Waals surface area (Å²) in [7, 11) is 1.93. The number of benzene rings is 1. The van der Waals surface area contributed by atoms with Crippen molar-refractivity contribution in [2.45, 2.75) is 13.5 Å². The maximum Gasteiger partial charge on any atom is 0.123 e. The van der Waals surface area contributed by atoms with E-state index < -0.39 is 0 Å². The third-order valence-electron chi connectivity index (χ3n) is 2.49. The van der Waals surface area contributed by atoms with E-state index in [4.69, 9.17) is 0 Å². The molecule has 1 N–H and O–H groups in total. The Morgan fingerprint density at radius 2 is 2.12 bits per heavy atom. The Balaban J connectivity index is 2.35. The minimum atomic E-state index is -0.173. The van der Waals surface area contributed by atoms with E-state index in [0.717, 1.165) is 17.7 Å². The first kappa shape index (κ1) is 11.3. The average Bonchev–Trinajstić information content (AvgIpc) is 2.67. The number of nitrogens with one attached hydrogen (secondary N) is 1. The third kappa shape index (κ3) is 2.31. The zero-order chi connectivity index (χ0) is 11.5. The molecule has 0 spiro atoms.